The van der Waals surface area contributed by atoms with Crippen LogP contribution in [0.5, 0.6) is 0 Å². The lowest BCUT2D eigenvalue weighted by Crippen LogP contribution is -2.21. The van der Waals surface area contributed by atoms with Crippen LogP contribution in [0.15, 0.2) is 29.4 Å². The maximum Gasteiger partial charge on any atom is 0.247 e. The first-order valence-electron chi connectivity index (χ1n) is 8.32. The third-order valence-corrected chi connectivity index (χ3v) is 5.76. The summed E-state index contributed by atoms with van der Waals surface area (Å²) < 4.78 is 24.7. The van der Waals surface area contributed by atoms with Crippen LogP contribution in [0.1, 0.15) is 63.9 Å². The molecule has 0 aromatic heterocycles. The van der Waals surface area contributed by atoms with Gasteiger partial charge in [0.1, 0.15) is 0 Å². The highest BCUT2D eigenvalue weighted by Gasteiger charge is 2.07. The van der Waals surface area contributed by atoms with Crippen molar-refractivity contribution < 1.29 is 8.42 Å². The third-order valence-electron chi connectivity index (χ3n) is 3.57. The van der Waals surface area contributed by atoms with Gasteiger partial charge in [-0.3, -0.25) is 0 Å². The number of nitrogens with zero attached hydrogens (tertiary/aromatic N) is 1. The van der Waals surface area contributed by atoms with Crippen molar-refractivity contribution in [2.24, 2.45) is 5.10 Å². The normalized spacial score (nSPS) is 11.9. The van der Waals surface area contributed by atoms with Gasteiger partial charge in [-0.1, -0.05) is 70.1 Å². The van der Waals surface area contributed by atoms with Crippen LogP contribution < -0.4 is 4.83 Å². The highest BCUT2D eigenvalue weighted by atomic mass is 127. The average molecular weight is 450 g/mol. The molecule has 0 saturated heterocycles. The molecule has 0 spiro atoms. The summed E-state index contributed by atoms with van der Waals surface area (Å²) in [7, 11) is -3.32. The van der Waals surface area contributed by atoms with Crippen molar-refractivity contribution in [2.45, 2.75) is 58.3 Å². The summed E-state index contributed by atoms with van der Waals surface area (Å²) in [6.07, 6.45) is 10.6. The number of hydrogen-bond donors (Lipinski definition) is 1. The summed E-state index contributed by atoms with van der Waals surface area (Å²) in [5, 5.41) is 3.86. The van der Waals surface area contributed by atoms with E-state index in [0.29, 0.717) is 6.42 Å². The molecule has 4 nitrogen and oxygen atoms in total. The molecule has 0 aliphatic heterocycles. The van der Waals surface area contributed by atoms with E-state index in [2.05, 4.69) is 39.4 Å². The molecule has 0 aliphatic rings. The minimum Gasteiger partial charge on any atom is -0.205 e. The van der Waals surface area contributed by atoms with Crippen molar-refractivity contribution in [3.05, 3.63) is 33.4 Å². The molecule has 0 bridgehead atoms. The van der Waals surface area contributed by atoms with E-state index in [-0.39, 0.29) is 5.75 Å². The van der Waals surface area contributed by atoms with Gasteiger partial charge >= 0.3 is 0 Å². The van der Waals surface area contributed by atoms with Crippen molar-refractivity contribution >= 4 is 38.8 Å². The number of hydrazone groups is 1. The Hall–Kier alpha value is -0.630. The fraction of sp³-hybridized carbons (Fsp3) is 0.588. The molecule has 0 saturated carbocycles. The summed E-state index contributed by atoms with van der Waals surface area (Å²) in [5.41, 5.74) is 0.905. The van der Waals surface area contributed by atoms with Crippen molar-refractivity contribution in [3.63, 3.8) is 0 Å². The van der Waals surface area contributed by atoms with Gasteiger partial charge < -0.3 is 0 Å². The van der Waals surface area contributed by atoms with Gasteiger partial charge in [0.05, 0.1) is 12.0 Å². The SMILES string of the molecule is CCCCCCCCCCS(=O)(=O)N/N=C/c1ccccc1I. The third kappa shape index (κ3) is 9.96. The van der Waals surface area contributed by atoms with Crippen LogP contribution in [0.3, 0.4) is 0 Å². The standard InChI is InChI=1S/C17H27IN2O2S/c1-2-3-4-5-6-7-8-11-14-23(21,22)20-19-15-16-12-9-10-13-17(16)18/h9-10,12-13,15,20H,2-8,11,14H2,1H3/b19-15+. The van der Waals surface area contributed by atoms with Crippen LogP contribution >= 0.6 is 22.6 Å². The first kappa shape index (κ1) is 20.4. The highest BCUT2D eigenvalue weighted by molar-refractivity contribution is 14.1. The second-order valence-electron chi connectivity index (χ2n) is 5.66. The Kier molecular flexibility index (Phi) is 10.5. The summed E-state index contributed by atoms with van der Waals surface area (Å²) in [4.78, 5) is 2.29. The molecule has 130 valence electrons. The minimum absolute atomic E-state index is 0.144. The predicted molar refractivity (Wildman–Crippen MR) is 106 cm³/mol. The molecule has 1 rings (SSSR count). The van der Waals surface area contributed by atoms with Crippen molar-refractivity contribution in [3.8, 4) is 0 Å². The van der Waals surface area contributed by atoms with Crippen LogP contribution in [0.25, 0.3) is 0 Å². The van der Waals surface area contributed by atoms with Crippen LogP contribution in [-0.2, 0) is 10.0 Å². The smallest absolute Gasteiger partial charge is 0.205 e. The first-order chi connectivity index (χ1) is 11.0. The topological polar surface area (TPSA) is 58.5 Å². The second kappa shape index (κ2) is 11.8. The molecule has 23 heavy (non-hydrogen) atoms. The Balaban J connectivity index is 2.20. The number of sulfonamides is 1. The molecule has 0 unspecified atom stereocenters. The van der Waals surface area contributed by atoms with Gasteiger partial charge in [0.15, 0.2) is 0 Å². The maximum atomic E-state index is 11.9. The van der Waals surface area contributed by atoms with Gasteiger partial charge in [-0.15, -0.1) is 0 Å². The van der Waals surface area contributed by atoms with Crippen LogP contribution in [0, 0.1) is 3.57 Å². The molecule has 0 radical (unpaired) electrons. The Labute approximate surface area is 154 Å². The molecule has 6 heteroatoms. The number of halogens is 1. The zero-order valence-corrected chi connectivity index (χ0v) is 16.8. The molecule has 0 atom stereocenters. The zero-order valence-electron chi connectivity index (χ0n) is 13.8. The molecule has 0 amide bonds. The molecular weight excluding hydrogens is 423 g/mol. The molecule has 1 aromatic rings. The lowest BCUT2D eigenvalue weighted by Gasteiger charge is -2.04. The Bertz CT molecular complexity index is 574. The van der Waals surface area contributed by atoms with Gasteiger partial charge in [-0.2, -0.15) is 5.10 Å². The fourth-order valence-electron chi connectivity index (χ4n) is 2.23. The Morgan fingerprint density at radius 3 is 2.30 bits per heavy atom. The monoisotopic (exact) mass is 450 g/mol. The second-order valence-corrected chi connectivity index (χ2v) is 8.65. The van der Waals surface area contributed by atoms with Crippen molar-refractivity contribution in [1.82, 2.24) is 4.83 Å². The maximum absolute atomic E-state index is 11.9. The van der Waals surface area contributed by atoms with E-state index in [1.807, 2.05) is 24.3 Å². The Morgan fingerprint density at radius 2 is 1.65 bits per heavy atom. The molecule has 1 aromatic carbocycles. The lowest BCUT2D eigenvalue weighted by molar-refractivity contribution is 0.566. The number of rotatable bonds is 12. The fourth-order valence-corrected chi connectivity index (χ4v) is 3.64. The van der Waals surface area contributed by atoms with E-state index in [4.69, 9.17) is 0 Å². The van der Waals surface area contributed by atoms with E-state index in [1.54, 1.807) is 6.21 Å². The van der Waals surface area contributed by atoms with Crippen LogP contribution in [0.4, 0.5) is 0 Å². The number of unbranched alkanes of at least 4 members (excludes halogenated alkanes) is 7. The number of hydrogen-bond acceptors (Lipinski definition) is 3. The van der Waals surface area contributed by atoms with Gasteiger partial charge in [0, 0.05) is 9.13 Å². The first-order valence-corrected chi connectivity index (χ1v) is 11.1. The van der Waals surface area contributed by atoms with Crippen LogP contribution in [-0.4, -0.2) is 20.4 Å². The number of benzene rings is 1. The number of nitrogens with one attached hydrogen (secondary N) is 1. The van der Waals surface area contributed by atoms with E-state index >= 15 is 0 Å². The molecule has 1 N–H and O–H groups in total. The predicted octanol–water partition coefficient (Wildman–Crippen LogP) is 4.69. The molecule has 0 heterocycles. The largest absolute Gasteiger partial charge is 0.247 e. The highest BCUT2D eigenvalue weighted by Crippen LogP contribution is 2.10. The van der Waals surface area contributed by atoms with Gasteiger partial charge in [0.2, 0.25) is 10.0 Å². The summed E-state index contributed by atoms with van der Waals surface area (Å²) in [6, 6.07) is 7.69. The average Bonchev–Trinajstić information content (AvgIpc) is 2.52. The van der Waals surface area contributed by atoms with Gasteiger partial charge in [-0.05, 0) is 35.1 Å². The molecule has 0 aliphatic carbocycles. The quantitative estimate of drug-likeness (QED) is 0.218. The van der Waals surface area contributed by atoms with Crippen LogP contribution in [0.2, 0.25) is 0 Å². The molecule has 0 fully saturated rings. The van der Waals surface area contributed by atoms with E-state index in [1.165, 1.54) is 32.1 Å². The zero-order chi connectivity index (χ0) is 17.0. The van der Waals surface area contributed by atoms with Gasteiger partial charge in [-0.25, -0.2) is 13.2 Å². The van der Waals surface area contributed by atoms with Gasteiger partial charge in [0.25, 0.3) is 0 Å². The summed E-state index contributed by atoms with van der Waals surface area (Å²) >= 11 is 2.20. The van der Waals surface area contributed by atoms with Crippen molar-refractivity contribution in [2.75, 3.05) is 5.75 Å². The lowest BCUT2D eigenvalue weighted by atomic mass is 10.1. The minimum atomic E-state index is -3.32. The molecular formula is C17H27IN2O2S. The van der Waals surface area contributed by atoms with Crippen molar-refractivity contribution in [1.29, 1.82) is 0 Å². The summed E-state index contributed by atoms with van der Waals surface area (Å²) in [5.74, 6) is 0.144. The van der Waals surface area contributed by atoms with E-state index < -0.39 is 10.0 Å². The van der Waals surface area contributed by atoms with E-state index in [0.717, 1.165) is 22.0 Å². The van der Waals surface area contributed by atoms with E-state index in [9.17, 15) is 8.42 Å². The Morgan fingerprint density at radius 1 is 1.04 bits per heavy atom. The summed E-state index contributed by atoms with van der Waals surface area (Å²) in [6.45, 7) is 2.21.